The van der Waals surface area contributed by atoms with E-state index in [-0.39, 0.29) is 0 Å². The van der Waals surface area contributed by atoms with Gasteiger partial charge in [0.25, 0.3) is 0 Å². The van der Waals surface area contributed by atoms with Crippen LogP contribution in [-0.4, -0.2) is 25.8 Å². The third-order valence-corrected chi connectivity index (χ3v) is 5.73. The van der Waals surface area contributed by atoms with E-state index in [2.05, 4.69) is 42.4 Å². The van der Waals surface area contributed by atoms with Crippen LogP contribution in [-0.2, 0) is 13.0 Å². The molecule has 1 N–H and O–H groups in total. The number of hydrogen-bond acceptors (Lipinski definition) is 8. The van der Waals surface area contributed by atoms with Crippen molar-refractivity contribution in [3.05, 3.63) is 89.7 Å². The summed E-state index contributed by atoms with van der Waals surface area (Å²) in [5, 5.41) is 12.7. The molecule has 0 saturated carbocycles. The highest BCUT2D eigenvalue weighted by Gasteiger charge is 2.18. The lowest BCUT2D eigenvalue weighted by molar-refractivity contribution is 0.921. The number of fused-ring (bicyclic) bond motifs is 1. The molecular weight excluding hydrogens is 418 g/mol. The fourth-order valence-electron chi connectivity index (χ4n) is 3.31. The topological polar surface area (TPSA) is 99.7 Å². The smallest absolute Gasteiger partial charge is 0.232 e. The van der Waals surface area contributed by atoms with Gasteiger partial charge in [0.15, 0.2) is 11.0 Å². The second-order valence-corrected chi connectivity index (χ2v) is 8.08. The van der Waals surface area contributed by atoms with Crippen LogP contribution in [0.5, 0.6) is 0 Å². The predicted octanol–water partition coefficient (Wildman–Crippen LogP) is 4.52. The average molecular weight is 436 g/mol. The maximum Gasteiger partial charge on any atom is 0.232 e. The Bertz CT molecular complexity index is 1330. The summed E-state index contributed by atoms with van der Waals surface area (Å²) in [6.07, 6.45) is 3.83. The summed E-state index contributed by atoms with van der Waals surface area (Å²) in [6, 6.07) is 21.9. The maximum atomic E-state index is 8.87. The van der Waals surface area contributed by atoms with Crippen molar-refractivity contribution >= 4 is 23.5 Å². The molecule has 32 heavy (non-hydrogen) atoms. The quantitative estimate of drug-likeness (QED) is 0.492. The van der Waals surface area contributed by atoms with E-state index in [9.17, 15) is 0 Å². The van der Waals surface area contributed by atoms with E-state index in [1.165, 1.54) is 17.3 Å². The van der Waals surface area contributed by atoms with Crippen LogP contribution < -0.4 is 5.32 Å². The number of anilines is 1. The first-order chi connectivity index (χ1) is 15.8. The van der Waals surface area contributed by atoms with Gasteiger partial charge in [-0.1, -0.05) is 36.4 Å². The van der Waals surface area contributed by atoms with E-state index in [0.717, 1.165) is 27.4 Å². The summed E-state index contributed by atoms with van der Waals surface area (Å²) in [4.78, 5) is 23.7. The number of aliphatic imine (C=N–C) groups is 1. The average Bonchev–Trinajstić information content (AvgIpc) is 3.24. The van der Waals surface area contributed by atoms with Gasteiger partial charge in [0.1, 0.15) is 5.84 Å². The summed E-state index contributed by atoms with van der Waals surface area (Å²) >= 11 is 1.44. The van der Waals surface area contributed by atoms with Gasteiger partial charge in [-0.2, -0.15) is 15.2 Å². The third kappa shape index (κ3) is 4.33. The number of pyridine rings is 1. The van der Waals surface area contributed by atoms with E-state index in [1.54, 1.807) is 12.4 Å². The molecule has 0 aliphatic carbocycles. The molecular formula is C24H17N7S. The highest BCUT2D eigenvalue weighted by atomic mass is 32.2. The van der Waals surface area contributed by atoms with E-state index in [4.69, 9.17) is 5.26 Å². The number of nitrogens with zero attached hydrogens (tertiary/aromatic N) is 6. The molecule has 3 heterocycles. The normalized spacial score (nSPS) is 12.0. The molecule has 5 rings (SSSR count). The Labute approximate surface area is 189 Å². The van der Waals surface area contributed by atoms with Gasteiger partial charge in [0.05, 0.1) is 19.0 Å². The highest BCUT2D eigenvalue weighted by Crippen LogP contribution is 2.28. The number of hydrogen-bond donors (Lipinski definition) is 1. The molecule has 2 aromatic carbocycles. The Morgan fingerprint density at radius 2 is 1.84 bits per heavy atom. The Morgan fingerprint density at radius 1 is 0.969 bits per heavy atom. The standard InChI is InChI=1S/C24H17N7S/c25-12-11-16-7-9-19(10-8-16)32-24-30-21(18-5-3-13-26-14-18)28-23(31-24)29-22-20-6-2-1-4-17(20)15-27-22/h1-10,13-14H,11,15H2,(H,27,28,29,30,31). The van der Waals surface area contributed by atoms with E-state index in [1.807, 2.05) is 54.6 Å². The van der Waals surface area contributed by atoms with Crippen molar-refractivity contribution in [3.8, 4) is 17.5 Å². The minimum absolute atomic E-state index is 0.388. The molecule has 0 unspecified atom stereocenters. The van der Waals surface area contributed by atoms with E-state index < -0.39 is 0 Å². The molecule has 2 aromatic heterocycles. The summed E-state index contributed by atoms with van der Waals surface area (Å²) in [5.41, 5.74) is 4.00. The van der Waals surface area contributed by atoms with Crippen molar-refractivity contribution < 1.29 is 0 Å². The van der Waals surface area contributed by atoms with Crippen molar-refractivity contribution in [2.45, 2.75) is 23.0 Å². The monoisotopic (exact) mass is 435 g/mol. The van der Waals surface area contributed by atoms with Crippen LogP contribution in [0.15, 0.2) is 88.1 Å². The second-order valence-electron chi connectivity index (χ2n) is 7.03. The molecule has 1 aliphatic heterocycles. The first kappa shape index (κ1) is 19.8. The Hall–Kier alpha value is -4.09. The fraction of sp³-hybridized carbons (Fsp3) is 0.0833. The first-order valence-electron chi connectivity index (χ1n) is 9.98. The van der Waals surface area contributed by atoms with Crippen LogP contribution in [0, 0.1) is 11.3 Å². The highest BCUT2D eigenvalue weighted by molar-refractivity contribution is 7.99. The van der Waals surface area contributed by atoms with Crippen LogP contribution in [0.25, 0.3) is 11.4 Å². The van der Waals surface area contributed by atoms with Crippen molar-refractivity contribution in [2.75, 3.05) is 5.32 Å². The van der Waals surface area contributed by atoms with Gasteiger partial charge in [0, 0.05) is 28.4 Å². The zero-order valence-electron chi connectivity index (χ0n) is 16.9. The number of aromatic nitrogens is 4. The van der Waals surface area contributed by atoms with Crippen LogP contribution in [0.3, 0.4) is 0 Å². The SMILES string of the molecule is N#CCc1ccc(Sc2nc(NC3=NCc4ccccc43)nc(-c3cccnc3)n2)cc1. The van der Waals surface area contributed by atoms with Gasteiger partial charge in [-0.25, -0.2) is 4.98 Å². The second kappa shape index (κ2) is 8.96. The fourth-order valence-corrected chi connectivity index (χ4v) is 4.05. The summed E-state index contributed by atoms with van der Waals surface area (Å²) in [6.45, 7) is 0.635. The molecule has 154 valence electrons. The minimum Gasteiger partial charge on any atom is -0.308 e. The van der Waals surface area contributed by atoms with Gasteiger partial charge in [0.2, 0.25) is 5.95 Å². The molecule has 0 radical (unpaired) electrons. The largest absolute Gasteiger partial charge is 0.308 e. The van der Waals surface area contributed by atoms with Gasteiger partial charge in [-0.15, -0.1) is 0 Å². The zero-order chi connectivity index (χ0) is 21.8. The van der Waals surface area contributed by atoms with E-state index in [0.29, 0.717) is 29.9 Å². The Morgan fingerprint density at radius 3 is 2.66 bits per heavy atom. The van der Waals surface area contributed by atoms with Crippen LogP contribution in [0.4, 0.5) is 5.95 Å². The molecule has 0 amide bonds. The van der Waals surface area contributed by atoms with Crippen molar-refractivity contribution in [1.29, 1.82) is 5.26 Å². The molecule has 1 aliphatic rings. The molecule has 7 nitrogen and oxygen atoms in total. The Kier molecular flexibility index (Phi) is 5.56. The van der Waals surface area contributed by atoms with E-state index >= 15 is 0 Å². The van der Waals surface area contributed by atoms with Gasteiger partial charge in [-0.05, 0) is 47.2 Å². The minimum atomic E-state index is 0.388. The molecule has 0 atom stereocenters. The van der Waals surface area contributed by atoms with Gasteiger partial charge in [-0.3, -0.25) is 9.98 Å². The molecule has 0 bridgehead atoms. The molecule has 8 heteroatoms. The number of nitrogens with one attached hydrogen (secondary N) is 1. The van der Waals surface area contributed by atoms with Crippen LogP contribution in [0.1, 0.15) is 16.7 Å². The Balaban J connectivity index is 1.47. The van der Waals surface area contributed by atoms with Gasteiger partial charge < -0.3 is 5.32 Å². The van der Waals surface area contributed by atoms with Crippen molar-refractivity contribution in [3.63, 3.8) is 0 Å². The number of rotatable bonds is 5. The lowest BCUT2D eigenvalue weighted by Gasteiger charge is -2.10. The molecule has 0 spiro atoms. The van der Waals surface area contributed by atoms with Crippen molar-refractivity contribution in [2.24, 2.45) is 4.99 Å². The van der Waals surface area contributed by atoms with Gasteiger partial charge >= 0.3 is 0 Å². The van der Waals surface area contributed by atoms with Crippen LogP contribution >= 0.6 is 11.8 Å². The number of benzene rings is 2. The maximum absolute atomic E-state index is 8.87. The lowest BCUT2D eigenvalue weighted by atomic mass is 10.1. The zero-order valence-corrected chi connectivity index (χ0v) is 17.8. The number of nitriles is 1. The summed E-state index contributed by atoms with van der Waals surface area (Å²) in [7, 11) is 0. The van der Waals surface area contributed by atoms with Crippen molar-refractivity contribution in [1.82, 2.24) is 19.9 Å². The predicted molar refractivity (Wildman–Crippen MR) is 123 cm³/mol. The molecule has 4 aromatic rings. The summed E-state index contributed by atoms with van der Waals surface area (Å²) < 4.78 is 0. The summed E-state index contributed by atoms with van der Waals surface area (Å²) in [5.74, 6) is 1.71. The third-order valence-electron chi connectivity index (χ3n) is 4.86. The first-order valence-corrected chi connectivity index (χ1v) is 10.8. The lowest BCUT2D eigenvalue weighted by Crippen LogP contribution is -2.15. The van der Waals surface area contributed by atoms with Crippen LogP contribution in [0.2, 0.25) is 0 Å². The molecule has 0 saturated heterocycles. The molecule has 0 fully saturated rings. The number of amidine groups is 1.